The number of para-hydroxylation sites is 1. The summed E-state index contributed by atoms with van der Waals surface area (Å²) in [7, 11) is 0. The first kappa shape index (κ1) is 20.4. The molecule has 0 unspecified atom stereocenters. The minimum Gasteiger partial charge on any atom is -0.462 e. The van der Waals surface area contributed by atoms with Crippen LogP contribution >= 0.6 is 0 Å². The van der Waals surface area contributed by atoms with Crippen LogP contribution < -0.4 is 0 Å². The Kier molecular flexibility index (Phi) is 7.79. The number of carbonyl (C=O) groups is 2. The van der Waals surface area contributed by atoms with Crippen LogP contribution in [0.25, 0.3) is 0 Å². The van der Waals surface area contributed by atoms with E-state index in [-0.39, 0.29) is 24.4 Å². The van der Waals surface area contributed by atoms with Crippen molar-refractivity contribution in [2.24, 2.45) is 0 Å². The molecule has 1 fully saturated rings. The van der Waals surface area contributed by atoms with E-state index in [1.807, 2.05) is 0 Å². The molecule has 0 bridgehead atoms. The number of unbranched alkanes of at least 4 members (excludes halogenated alkanes) is 1. The summed E-state index contributed by atoms with van der Waals surface area (Å²) in [5, 5.41) is 11.0. The average molecular weight is 376 g/mol. The molecule has 0 N–H and O–H groups in total. The zero-order valence-corrected chi connectivity index (χ0v) is 15.2. The molecule has 1 saturated heterocycles. The maximum absolute atomic E-state index is 12.2. The van der Waals surface area contributed by atoms with Gasteiger partial charge in [-0.1, -0.05) is 18.2 Å². The third-order valence-corrected chi connectivity index (χ3v) is 4.33. The summed E-state index contributed by atoms with van der Waals surface area (Å²) in [6, 6.07) is 6.15. The maximum atomic E-state index is 12.2. The van der Waals surface area contributed by atoms with Gasteiger partial charge in [-0.2, -0.15) is 0 Å². The molecule has 2 rings (SSSR count). The topological polar surface area (TPSA) is 99.0 Å². The lowest BCUT2D eigenvalue weighted by Crippen LogP contribution is -2.41. The van der Waals surface area contributed by atoms with Crippen molar-refractivity contribution in [2.45, 2.75) is 44.8 Å². The lowest BCUT2D eigenvalue weighted by atomic mass is 10.1. The minimum atomic E-state index is -0.524. The fraction of sp³-hybridized carbons (Fsp3) is 0.474. The number of hydrogen-bond acceptors (Lipinski definition) is 6. The molecule has 0 aromatic heterocycles. The fourth-order valence-corrected chi connectivity index (χ4v) is 2.83. The van der Waals surface area contributed by atoms with E-state index in [1.54, 1.807) is 24.3 Å². The Labute approximate surface area is 157 Å². The van der Waals surface area contributed by atoms with Crippen molar-refractivity contribution in [1.82, 2.24) is 4.90 Å². The normalized spacial score (nSPS) is 14.4. The van der Waals surface area contributed by atoms with Crippen molar-refractivity contribution in [3.63, 3.8) is 0 Å². The van der Waals surface area contributed by atoms with Gasteiger partial charge in [-0.15, -0.1) is 6.58 Å². The number of carbonyl (C=O) groups excluding carboxylic acids is 2. The van der Waals surface area contributed by atoms with Crippen LogP contribution in [-0.2, 0) is 20.9 Å². The Hall–Kier alpha value is -2.90. The predicted molar refractivity (Wildman–Crippen MR) is 98.0 cm³/mol. The van der Waals surface area contributed by atoms with E-state index in [9.17, 15) is 19.7 Å². The highest BCUT2D eigenvalue weighted by atomic mass is 16.6. The molecule has 1 aliphatic rings. The van der Waals surface area contributed by atoms with E-state index in [0.29, 0.717) is 37.9 Å². The van der Waals surface area contributed by atoms with Crippen LogP contribution in [0.2, 0.25) is 0 Å². The summed E-state index contributed by atoms with van der Waals surface area (Å²) in [5.74, 6) is -0.228. The number of benzene rings is 1. The Morgan fingerprint density at radius 1 is 1.30 bits per heavy atom. The molecule has 27 heavy (non-hydrogen) atoms. The fourth-order valence-electron chi connectivity index (χ4n) is 2.83. The van der Waals surface area contributed by atoms with Gasteiger partial charge >= 0.3 is 12.1 Å². The Morgan fingerprint density at radius 3 is 2.67 bits per heavy atom. The van der Waals surface area contributed by atoms with Crippen molar-refractivity contribution < 1.29 is 24.0 Å². The third kappa shape index (κ3) is 6.40. The number of amides is 1. The molecular formula is C19H24N2O6. The molecule has 1 amide bonds. The predicted octanol–water partition coefficient (Wildman–Crippen LogP) is 3.60. The number of piperidine rings is 1. The SMILES string of the molecule is C=CCCCC(=O)OC1CCN(C(=O)OCc2ccccc2[N+](=O)[O-])CC1. The Balaban J connectivity index is 1.74. The van der Waals surface area contributed by atoms with Gasteiger partial charge in [0.2, 0.25) is 0 Å². The van der Waals surface area contributed by atoms with Gasteiger partial charge in [0.25, 0.3) is 5.69 Å². The summed E-state index contributed by atoms with van der Waals surface area (Å²) in [5.41, 5.74) is 0.270. The number of nitro groups is 1. The van der Waals surface area contributed by atoms with Gasteiger partial charge < -0.3 is 14.4 Å². The second-order valence-electron chi connectivity index (χ2n) is 6.30. The summed E-state index contributed by atoms with van der Waals surface area (Å²) >= 11 is 0. The van der Waals surface area contributed by atoms with Crippen LogP contribution in [0.3, 0.4) is 0 Å². The molecule has 1 heterocycles. The van der Waals surface area contributed by atoms with E-state index >= 15 is 0 Å². The number of esters is 1. The van der Waals surface area contributed by atoms with E-state index in [1.165, 1.54) is 11.0 Å². The van der Waals surface area contributed by atoms with E-state index in [4.69, 9.17) is 9.47 Å². The maximum Gasteiger partial charge on any atom is 0.410 e. The molecule has 0 spiro atoms. The minimum absolute atomic E-state index is 0.0765. The van der Waals surface area contributed by atoms with E-state index in [0.717, 1.165) is 12.8 Å². The summed E-state index contributed by atoms with van der Waals surface area (Å²) < 4.78 is 10.6. The highest BCUT2D eigenvalue weighted by Gasteiger charge is 2.26. The number of nitro benzene ring substituents is 1. The molecule has 0 saturated carbocycles. The molecule has 146 valence electrons. The number of rotatable bonds is 8. The second-order valence-corrected chi connectivity index (χ2v) is 6.30. The van der Waals surface area contributed by atoms with Crippen molar-refractivity contribution in [3.8, 4) is 0 Å². The lowest BCUT2D eigenvalue weighted by Gasteiger charge is -2.31. The molecule has 1 aromatic rings. The van der Waals surface area contributed by atoms with Crippen molar-refractivity contribution in [3.05, 3.63) is 52.6 Å². The molecule has 0 atom stereocenters. The second kappa shape index (κ2) is 10.3. The van der Waals surface area contributed by atoms with E-state index < -0.39 is 11.0 Å². The highest BCUT2D eigenvalue weighted by molar-refractivity contribution is 5.70. The summed E-state index contributed by atoms with van der Waals surface area (Å²) in [6.45, 7) is 4.29. The number of hydrogen-bond donors (Lipinski definition) is 0. The zero-order chi connectivity index (χ0) is 19.6. The molecular weight excluding hydrogens is 352 g/mol. The molecule has 8 heteroatoms. The van der Waals surface area contributed by atoms with Crippen LogP contribution in [-0.4, -0.2) is 41.1 Å². The van der Waals surface area contributed by atoms with Crippen LogP contribution in [0.4, 0.5) is 10.5 Å². The number of likely N-dealkylation sites (tertiary alicyclic amines) is 1. The Morgan fingerprint density at radius 2 is 2.00 bits per heavy atom. The van der Waals surface area contributed by atoms with E-state index in [2.05, 4.69) is 6.58 Å². The quantitative estimate of drug-likeness (QED) is 0.226. The first-order valence-electron chi connectivity index (χ1n) is 8.95. The van der Waals surface area contributed by atoms with Crippen LogP contribution in [0, 0.1) is 10.1 Å². The summed E-state index contributed by atoms with van der Waals surface area (Å²) in [6.07, 6.45) is 4.01. The van der Waals surface area contributed by atoms with Gasteiger partial charge in [-0.05, 0) is 18.9 Å². The number of allylic oxidation sites excluding steroid dienone is 1. The van der Waals surface area contributed by atoms with Gasteiger partial charge in [0, 0.05) is 38.4 Å². The standard InChI is InChI=1S/C19H24N2O6/c1-2-3-4-9-18(22)27-16-10-12-20(13-11-16)19(23)26-14-15-7-5-6-8-17(15)21(24)25/h2,5-8,16H,1,3-4,9-14H2. The molecule has 0 radical (unpaired) electrons. The van der Waals surface area contributed by atoms with Crippen LogP contribution in [0.5, 0.6) is 0 Å². The van der Waals surface area contributed by atoms with Gasteiger partial charge in [0.05, 0.1) is 10.5 Å². The van der Waals surface area contributed by atoms with Crippen molar-refractivity contribution >= 4 is 17.7 Å². The largest absolute Gasteiger partial charge is 0.462 e. The first-order chi connectivity index (χ1) is 13.0. The van der Waals surface area contributed by atoms with Gasteiger partial charge in [0.15, 0.2) is 0 Å². The van der Waals surface area contributed by atoms with Gasteiger partial charge in [0.1, 0.15) is 12.7 Å². The number of ether oxygens (including phenoxy) is 2. The van der Waals surface area contributed by atoms with Gasteiger partial charge in [-0.3, -0.25) is 14.9 Å². The van der Waals surface area contributed by atoms with Crippen molar-refractivity contribution in [1.29, 1.82) is 0 Å². The molecule has 1 aliphatic heterocycles. The van der Waals surface area contributed by atoms with Crippen LogP contribution in [0.1, 0.15) is 37.7 Å². The lowest BCUT2D eigenvalue weighted by molar-refractivity contribution is -0.385. The zero-order valence-electron chi connectivity index (χ0n) is 15.2. The molecule has 0 aliphatic carbocycles. The molecule has 8 nitrogen and oxygen atoms in total. The highest BCUT2D eigenvalue weighted by Crippen LogP contribution is 2.20. The Bertz CT molecular complexity index is 683. The van der Waals surface area contributed by atoms with Gasteiger partial charge in [-0.25, -0.2) is 4.79 Å². The van der Waals surface area contributed by atoms with Crippen LogP contribution in [0.15, 0.2) is 36.9 Å². The molecule has 1 aromatic carbocycles. The smallest absolute Gasteiger partial charge is 0.410 e. The summed E-state index contributed by atoms with van der Waals surface area (Å²) in [4.78, 5) is 35.9. The number of nitrogens with zero attached hydrogens (tertiary/aromatic N) is 2. The third-order valence-electron chi connectivity index (χ3n) is 4.33. The first-order valence-corrected chi connectivity index (χ1v) is 8.95. The van der Waals surface area contributed by atoms with Crippen molar-refractivity contribution in [2.75, 3.05) is 13.1 Å². The average Bonchev–Trinajstić information content (AvgIpc) is 2.67. The monoisotopic (exact) mass is 376 g/mol.